The van der Waals surface area contributed by atoms with Gasteiger partial charge in [-0.05, 0) is 0 Å². The molecule has 0 aliphatic carbocycles. The second kappa shape index (κ2) is 9.38. The summed E-state index contributed by atoms with van der Waals surface area (Å²) in [4.78, 5) is 22.4. The zero-order valence-electron chi connectivity index (χ0n) is 15.1. The molecule has 0 saturated carbocycles. The van der Waals surface area contributed by atoms with Crippen molar-refractivity contribution in [2.45, 2.75) is 33.1 Å². The number of ether oxygens (including phenoxy) is 1. The van der Waals surface area contributed by atoms with Crippen molar-refractivity contribution in [3.8, 4) is 5.75 Å². The van der Waals surface area contributed by atoms with Gasteiger partial charge in [0, 0.05) is 0 Å². The Kier molecular flexibility index (Phi) is 7.49. The molecule has 0 spiro atoms. The van der Waals surface area contributed by atoms with Crippen LogP contribution in [0.3, 0.4) is 0 Å². The summed E-state index contributed by atoms with van der Waals surface area (Å²) >= 11 is -2.74. The van der Waals surface area contributed by atoms with Crippen LogP contribution >= 0.6 is 20.6 Å². The van der Waals surface area contributed by atoms with Gasteiger partial charge in [0.25, 0.3) is 0 Å². The van der Waals surface area contributed by atoms with Crippen LogP contribution in [0, 0.1) is 3.57 Å². The van der Waals surface area contributed by atoms with Crippen LogP contribution in [-0.2, 0) is 15.7 Å². The van der Waals surface area contributed by atoms with Crippen LogP contribution in [0.25, 0.3) is 0 Å². The van der Waals surface area contributed by atoms with E-state index in [1.165, 1.54) is 39.8 Å². The van der Waals surface area contributed by atoms with Gasteiger partial charge in [-0.25, -0.2) is 0 Å². The summed E-state index contributed by atoms with van der Waals surface area (Å²) in [6, 6.07) is 7.28. The van der Waals surface area contributed by atoms with Crippen molar-refractivity contribution >= 4 is 32.6 Å². The van der Waals surface area contributed by atoms with E-state index in [1.54, 1.807) is 12.1 Å². The third kappa shape index (κ3) is 6.81. The average Bonchev–Trinajstić information content (AvgIpc) is 2.98. The molecule has 7 heteroatoms. The number of halogens is 1. The molecule has 0 radical (unpaired) electrons. The predicted molar refractivity (Wildman–Crippen MR) is 103 cm³/mol. The summed E-state index contributed by atoms with van der Waals surface area (Å²) in [7, 11) is 2.32. The molecule has 140 valence electrons. The van der Waals surface area contributed by atoms with E-state index in [0.717, 1.165) is 26.8 Å². The van der Waals surface area contributed by atoms with Gasteiger partial charge in [0.05, 0.1) is 0 Å². The summed E-state index contributed by atoms with van der Waals surface area (Å²) in [5.74, 6) is -0.107. The quantitative estimate of drug-likeness (QED) is 0.336. The summed E-state index contributed by atoms with van der Waals surface area (Å²) in [6.07, 6.45) is 3.68. The van der Waals surface area contributed by atoms with E-state index >= 15 is 0 Å². The van der Waals surface area contributed by atoms with E-state index in [-0.39, 0.29) is 0 Å². The standard InChI is InChI=1S/C18H27INO5/c1-15(21)24-19(25-16(2)22)17-7-9-18(10-8-17)23-14-6-13-20(3)11-4-5-12-20/h7-10H,4-6,11-14H2,1-3H3/q+1. The van der Waals surface area contributed by atoms with Gasteiger partial charge in [-0.3, -0.25) is 0 Å². The van der Waals surface area contributed by atoms with Crippen molar-refractivity contribution in [2.24, 2.45) is 0 Å². The van der Waals surface area contributed by atoms with Gasteiger partial charge in [0.1, 0.15) is 0 Å². The Morgan fingerprint density at radius 1 is 1.04 bits per heavy atom. The Hall–Kier alpha value is -1.35. The molecule has 1 fully saturated rings. The van der Waals surface area contributed by atoms with Gasteiger partial charge in [-0.15, -0.1) is 0 Å². The van der Waals surface area contributed by atoms with Crippen molar-refractivity contribution in [1.29, 1.82) is 0 Å². The third-order valence-electron chi connectivity index (χ3n) is 4.11. The number of quaternary nitrogens is 1. The summed E-state index contributed by atoms with van der Waals surface area (Å²) < 4.78 is 18.1. The van der Waals surface area contributed by atoms with Gasteiger partial charge in [-0.1, -0.05) is 0 Å². The average molecular weight is 464 g/mol. The molecule has 2 rings (SSSR count). The minimum absolute atomic E-state index is 0.440. The molecule has 25 heavy (non-hydrogen) atoms. The first kappa shape index (κ1) is 20.0. The number of benzene rings is 1. The molecular weight excluding hydrogens is 437 g/mol. The van der Waals surface area contributed by atoms with Gasteiger partial charge >= 0.3 is 158 Å². The van der Waals surface area contributed by atoms with Crippen LogP contribution in [0.1, 0.15) is 33.1 Å². The van der Waals surface area contributed by atoms with Crippen LogP contribution in [0.2, 0.25) is 0 Å². The first-order valence-electron chi connectivity index (χ1n) is 8.52. The molecule has 1 aliphatic heterocycles. The zero-order chi connectivity index (χ0) is 18.3. The topological polar surface area (TPSA) is 61.8 Å². The Morgan fingerprint density at radius 2 is 1.60 bits per heavy atom. The van der Waals surface area contributed by atoms with E-state index in [0.29, 0.717) is 6.61 Å². The number of carbonyl (C=O) groups is 2. The van der Waals surface area contributed by atoms with E-state index in [2.05, 4.69) is 7.05 Å². The second-order valence-electron chi connectivity index (χ2n) is 6.51. The van der Waals surface area contributed by atoms with Gasteiger partial charge < -0.3 is 0 Å². The molecule has 0 atom stereocenters. The Balaban J connectivity index is 1.83. The van der Waals surface area contributed by atoms with Gasteiger partial charge in [-0.2, -0.15) is 0 Å². The molecule has 0 unspecified atom stereocenters. The predicted octanol–water partition coefficient (Wildman–Crippen LogP) is 3.33. The monoisotopic (exact) mass is 464 g/mol. The molecule has 0 amide bonds. The first-order valence-corrected chi connectivity index (χ1v) is 11.4. The third-order valence-corrected chi connectivity index (χ3v) is 7.88. The molecule has 1 saturated heterocycles. The zero-order valence-corrected chi connectivity index (χ0v) is 17.3. The SMILES string of the molecule is CC(=O)OI(OC(C)=O)c1ccc(OCCC[N+]2(C)CCCC2)cc1. The second-order valence-corrected chi connectivity index (χ2v) is 9.87. The van der Waals surface area contributed by atoms with Crippen molar-refractivity contribution in [2.75, 3.05) is 33.3 Å². The molecule has 1 aromatic rings. The van der Waals surface area contributed by atoms with Crippen molar-refractivity contribution < 1.29 is 24.9 Å². The summed E-state index contributed by atoms with van der Waals surface area (Å²) in [6.45, 7) is 7.00. The van der Waals surface area contributed by atoms with Crippen LogP contribution in [-0.4, -0.2) is 49.7 Å². The Morgan fingerprint density at radius 3 is 2.12 bits per heavy atom. The normalized spacial score (nSPS) is 16.2. The van der Waals surface area contributed by atoms with Crippen LogP contribution in [0.5, 0.6) is 5.75 Å². The summed E-state index contributed by atoms with van der Waals surface area (Å²) in [5, 5.41) is 0. The molecule has 1 aliphatic rings. The molecule has 0 bridgehead atoms. The Bertz CT molecular complexity index is 568. The first-order chi connectivity index (χ1) is 11.9. The number of rotatable bonds is 8. The van der Waals surface area contributed by atoms with E-state index < -0.39 is 32.6 Å². The van der Waals surface area contributed by atoms with Gasteiger partial charge in [0.15, 0.2) is 0 Å². The molecule has 0 N–H and O–H groups in total. The molecule has 1 aromatic carbocycles. The summed E-state index contributed by atoms with van der Waals surface area (Å²) in [5.41, 5.74) is 0. The fourth-order valence-corrected chi connectivity index (χ4v) is 5.57. The number of hydrogen-bond acceptors (Lipinski definition) is 5. The number of nitrogens with zero attached hydrogens (tertiary/aromatic N) is 1. The molecule has 6 nitrogen and oxygen atoms in total. The van der Waals surface area contributed by atoms with Crippen LogP contribution < -0.4 is 4.74 Å². The van der Waals surface area contributed by atoms with Crippen molar-refractivity contribution in [3.63, 3.8) is 0 Å². The number of carbonyl (C=O) groups excluding carboxylic acids is 2. The Labute approximate surface area is 157 Å². The molecule has 0 aromatic heterocycles. The number of likely N-dealkylation sites (tertiary alicyclic amines) is 1. The van der Waals surface area contributed by atoms with E-state index in [1.807, 2.05) is 12.1 Å². The van der Waals surface area contributed by atoms with E-state index in [4.69, 9.17) is 10.9 Å². The maximum atomic E-state index is 11.2. The molecule has 1 heterocycles. The maximum absolute atomic E-state index is 11.2. The molecular formula is C18H27INO5+. The minimum atomic E-state index is -2.74. The number of hydrogen-bond donors (Lipinski definition) is 0. The van der Waals surface area contributed by atoms with Crippen molar-refractivity contribution in [1.82, 2.24) is 0 Å². The van der Waals surface area contributed by atoms with Crippen LogP contribution in [0.4, 0.5) is 0 Å². The van der Waals surface area contributed by atoms with Crippen molar-refractivity contribution in [3.05, 3.63) is 27.8 Å². The van der Waals surface area contributed by atoms with E-state index in [9.17, 15) is 9.59 Å². The fourth-order valence-electron chi connectivity index (χ4n) is 2.89. The van der Waals surface area contributed by atoms with Crippen LogP contribution in [0.15, 0.2) is 24.3 Å². The van der Waals surface area contributed by atoms with Gasteiger partial charge in [0.2, 0.25) is 0 Å². The fraction of sp³-hybridized carbons (Fsp3) is 0.556.